The van der Waals surface area contributed by atoms with Crippen molar-refractivity contribution < 1.29 is 4.74 Å². The highest BCUT2D eigenvalue weighted by atomic mass is 35.5. The third kappa shape index (κ3) is 4.51. The zero-order valence-corrected chi connectivity index (χ0v) is 13.5. The van der Waals surface area contributed by atoms with Gasteiger partial charge in [-0.05, 0) is 44.2 Å². The molecule has 0 aliphatic rings. The first-order valence-electron chi connectivity index (χ1n) is 6.86. The highest BCUT2D eigenvalue weighted by molar-refractivity contribution is 7.12. The van der Waals surface area contributed by atoms with Crippen LogP contribution >= 0.6 is 22.9 Å². The van der Waals surface area contributed by atoms with E-state index in [-0.39, 0.29) is 0 Å². The molecule has 2 aromatic rings. The average molecular weight is 310 g/mol. The molecular formula is C16H20ClNOS. The largest absolute Gasteiger partial charge is 0.489 e. The number of thiophene rings is 1. The van der Waals surface area contributed by atoms with Gasteiger partial charge >= 0.3 is 0 Å². The summed E-state index contributed by atoms with van der Waals surface area (Å²) >= 11 is 7.78. The molecule has 0 bridgehead atoms. The van der Waals surface area contributed by atoms with Crippen molar-refractivity contribution in [1.82, 2.24) is 5.32 Å². The van der Waals surface area contributed by atoms with E-state index >= 15 is 0 Å². The molecule has 1 aromatic heterocycles. The molecule has 1 N–H and O–H groups in total. The number of rotatable bonds is 7. The van der Waals surface area contributed by atoms with Crippen molar-refractivity contribution in [3.8, 4) is 5.75 Å². The lowest BCUT2D eigenvalue weighted by molar-refractivity contribution is 0.306. The molecule has 0 unspecified atom stereocenters. The molecule has 0 radical (unpaired) electrons. The van der Waals surface area contributed by atoms with Gasteiger partial charge in [-0.2, -0.15) is 0 Å². The molecular weight excluding hydrogens is 290 g/mol. The molecule has 20 heavy (non-hydrogen) atoms. The Hall–Kier alpha value is -1.03. The number of aryl methyl sites for hydroxylation is 1. The summed E-state index contributed by atoms with van der Waals surface area (Å²) in [5, 5.41) is 4.13. The van der Waals surface area contributed by atoms with Gasteiger partial charge in [0, 0.05) is 26.9 Å². The summed E-state index contributed by atoms with van der Waals surface area (Å²) < 4.78 is 5.79. The average Bonchev–Trinajstić information content (AvgIpc) is 2.77. The van der Waals surface area contributed by atoms with Gasteiger partial charge in [-0.25, -0.2) is 0 Å². The monoisotopic (exact) mass is 309 g/mol. The maximum Gasteiger partial charge on any atom is 0.121 e. The van der Waals surface area contributed by atoms with Crippen LogP contribution in [0.1, 0.15) is 28.7 Å². The Morgan fingerprint density at radius 3 is 2.90 bits per heavy atom. The van der Waals surface area contributed by atoms with Crippen LogP contribution in [0.3, 0.4) is 0 Å². The van der Waals surface area contributed by atoms with E-state index in [2.05, 4.69) is 25.2 Å². The second-order valence-corrected chi connectivity index (χ2v) is 6.49. The van der Waals surface area contributed by atoms with Gasteiger partial charge in [-0.3, -0.25) is 0 Å². The summed E-state index contributed by atoms with van der Waals surface area (Å²) in [5.74, 6) is 0.814. The lowest BCUT2D eigenvalue weighted by Crippen LogP contribution is -2.12. The Kier molecular flexibility index (Phi) is 5.89. The quantitative estimate of drug-likeness (QED) is 0.743. The molecule has 0 saturated carbocycles. The third-order valence-electron chi connectivity index (χ3n) is 2.99. The van der Waals surface area contributed by atoms with E-state index in [0.29, 0.717) is 11.6 Å². The Morgan fingerprint density at radius 1 is 1.30 bits per heavy atom. The smallest absolute Gasteiger partial charge is 0.121 e. The number of nitrogens with one attached hydrogen (secondary N) is 1. The molecule has 0 fully saturated rings. The SMILES string of the molecule is CCCNCc1cc(COc2cccc(Cl)c2)c(C)s1. The van der Waals surface area contributed by atoms with E-state index in [1.165, 1.54) is 15.3 Å². The topological polar surface area (TPSA) is 21.3 Å². The van der Waals surface area contributed by atoms with Crippen molar-refractivity contribution in [2.24, 2.45) is 0 Å². The van der Waals surface area contributed by atoms with Crippen molar-refractivity contribution in [3.05, 3.63) is 50.7 Å². The van der Waals surface area contributed by atoms with Crippen LogP contribution in [0.5, 0.6) is 5.75 Å². The second kappa shape index (κ2) is 7.67. The summed E-state index contributed by atoms with van der Waals surface area (Å²) in [7, 11) is 0. The van der Waals surface area contributed by atoms with Crippen molar-refractivity contribution in [2.75, 3.05) is 6.54 Å². The lowest BCUT2D eigenvalue weighted by atomic mass is 10.2. The first-order chi connectivity index (χ1) is 9.69. The van der Waals surface area contributed by atoms with E-state index in [1.54, 1.807) is 0 Å². The molecule has 1 aromatic carbocycles. The van der Waals surface area contributed by atoms with Crippen LogP contribution in [0.15, 0.2) is 30.3 Å². The van der Waals surface area contributed by atoms with Gasteiger partial charge in [0.05, 0.1) is 0 Å². The summed E-state index contributed by atoms with van der Waals surface area (Å²) in [4.78, 5) is 2.68. The van der Waals surface area contributed by atoms with Crippen LogP contribution in [0, 0.1) is 6.92 Å². The number of hydrogen-bond acceptors (Lipinski definition) is 3. The minimum atomic E-state index is 0.594. The van der Waals surface area contributed by atoms with Gasteiger partial charge in [0.25, 0.3) is 0 Å². The van der Waals surface area contributed by atoms with Crippen LogP contribution in [-0.4, -0.2) is 6.54 Å². The third-order valence-corrected chi connectivity index (χ3v) is 4.32. The number of benzene rings is 1. The molecule has 0 amide bonds. The standard InChI is InChI=1S/C16H20ClNOS/c1-3-7-18-10-16-8-13(12(2)20-16)11-19-15-6-4-5-14(17)9-15/h4-6,8-9,18H,3,7,10-11H2,1-2H3. The molecule has 1 heterocycles. The Bertz CT molecular complexity index is 553. The van der Waals surface area contributed by atoms with E-state index < -0.39 is 0 Å². The summed E-state index contributed by atoms with van der Waals surface area (Å²) in [6, 6.07) is 9.75. The molecule has 0 aliphatic carbocycles. The van der Waals surface area contributed by atoms with Gasteiger partial charge in [-0.1, -0.05) is 24.6 Å². The van der Waals surface area contributed by atoms with E-state index in [0.717, 1.165) is 25.3 Å². The summed E-state index contributed by atoms with van der Waals surface area (Å²) in [6.07, 6.45) is 1.16. The Morgan fingerprint density at radius 2 is 2.15 bits per heavy atom. The molecule has 0 saturated heterocycles. The molecule has 2 rings (SSSR count). The highest BCUT2D eigenvalue weighted by Gasteiger charge is 2.06. The van der Waals surface area contributed by atoms with Crippen LogP contribution in [0.25, 0.3) is 0 Å². The first-order valence-corrected chi connectivity index (χ1v) is 8.05. The Labute approximate surface area is 129 Å². The van der Waals surface area contributed by atoms with Crippen LogP contribution < -0.4 is 10.1 Å². The van der Waals surface area contributed by atoms with Crippen molar-refractivity contribution in [3.63, 3.8) is 0 Å². The van der Waals surface area contributed by atoms with Gasteiger partial charge in [-0.15, -0.1) is 11.3 Å². The fourth-order valence-electron chi connectivity index (χ4n) is 1.92. The zero-order chi connectivity index (χ0) is 14.4. The van der Waals surface area contributed by atoms with Gasteiger partial charge in [0.2, 0.25) is 0 Å². The molecule has 0 spiro atoms. The lowest BCUT2D eigenvalue weighted by Gasteiger charge is -2.05. The van der Waals surface area contributed by atoms with Crippen molar-refractivity contribution in [1.29, 1.82) is 0 Å². The summed E-state index contributed by atoms with van der Waals surface area (Å²) in [5.41, 5.74) is 1.25. The first kappa shape index (κ1) is 15.4. The van der Waals surface area contributed by atoms with Crippen LogP contribution in [0.4, 0.5) is 0 Å². The molecule has 4 heteroatoms. The molecule has 0 atom stereocenters. The summed E-state index contributed by atoms with van der Waals surface area (Å²) in [6.45, 7) is 6.92. The van der Waals surface area contributed by atoms with Gasteiger partial charge in [0.1, 0.15) is 12.4 Å². The second-order valence-electron chi connectivity index (χ2n) is 4.72. The fraction of sp³-hybridized carbons (Fsp3) is 0.375. The molecule has 0 aliphatic heterocycles. The minimum Gasteiger partial charge on any atom is -0.489 e. The maximum atomic E-state index is 5.95. The highest BCUT2D eigenvalue weighted by Crippen LogP contribution is 2.24. The van der Waals surface area contributed by atoms with Crippen LogP contribution in [0.2, 0.25) is 5.02 Å². The van der Waals surface area contributed by atoms with E-state index in [9.17, 15) is 0 Å². The predicted octanol–water partition coefficient (Wildman–Crippen LogP) is 4.79. The van der Waals surface area contributed by atoms with Crippen molar-refractivity contribution >= 4 is 22.9 Å². The number of hydrogen-bond donors (Lipinski definition) is 1. The van der Waals surface area contributed by atoms with Gasteiger partial charge in [0.15, 0.2) is 0 Å². The van der Waals surface area contributed by atoms with E-state index in [4.69, 9.17) is 16.3 Å². The molecule has 2 nitrogen and oxygen atoms in total. The predicted molar refractivity (Wildman–Crippen MR) is 86.8 cm³/mol. The number of ether oxygens (including phenoxy) is 1. The normalized spacial score (nSPS) is 10.8. The van der Waals surface area contributed by atoms with Crippen LogP contribution in [-0.2, 0) is 13.2 Å². The fourth-order valence-corrected chi connectivity index (χ4v) is 3.12. The van der Waals surface area contributed by atoms with E-state index in [1.807, 2.05) is 35.6 Å². The maximum absolute atomic E-state index is 5.95. The van der Waals surface area contributed by atoms with Gasteiger partial charge < -0.3 is 10.1 Å². The number of halogens is 1. The minimum absolute atomic E-state index is 0.594. The molecule has 108 valence electrons. The Balaban J connectivity index is 1.92. The zero-order valence-electron chi connectivity index (χ0n) is 11.9. The van der Waals surface area contributed by atoms with Crippen molar-refractivity contribution in [2.45, 2.75) is 33.4 Å².